The highest BCUT2D eigenvalue weighted by molar-refractivity contribution is 5.81. The third-order valence-electron chi connectivity index (χ3n) is 4.15. The average molecular weight is 488 g/mol. The maximum atomic E-state index is 9.00. The summed E-state index contributed by atoms with van der Waals surface area (Å²) in [5, 5.41) is 33.2. The summed E-state index contributed by atoms with van der Waals surface area (Å²) >= 11 is 0. The van der Waals surface area contributed by atoms with Crippen molar-refractivity contribution in [3.8, 4) is 22.8 Å². The van der Waals surface area contributed by atoms with Gasteiger partial charge in [-0.15, -0.1) is 0 Å². The third kappa shape index (κ3) is 9.46. The van der Waals surface area contributed by atoms with Gasteiger partial charge in [-0.25, -0.2) is 0 Å². The molecule has 0 spiro atoms. The lowest BCUT2D eigenvalue weighted by Gasteiger charge is -2.10. The number of carboxylic acids is 3. The van der Waals surface area contributed by atoms with Crippen LogP contribution in [0.5, 0.6) is 11.5 Å². The van der Waals surface area contributed by atoms with E-state index in [4.69, 9.17) is 39.2 Å². The molecule has 11 nitrogen and oxygen atoms in total. The second kappa shape index (κ2) is 13.9. The van der Waals surface area contributed by atoms with Crippen LogP contribution in [0.1, 0.15) is 31.9 Å². The Morgan fingerprint density at radius 2 is 1.37 bits per heavy atom. The van der Waals surface area contributed by atoms with E-state index in [-0.39, 0.29) is 0 Å². The van der Waals surface area contributed by atoms with Gasteiger partial charge in [-0.2, -0.15) is 5.10 Å². The van der Waals surface area contributed by atoms with E-state index in [1.807, 2.05) is 42.5 Å². The van der Waals surface area contributed by atoms with Crippen molar-refractivity contribution >= 4 is 29.4 Å². The fourth-order valence-electron chi connectivity index (χ4n) is 3.01. The molecule has 0 bridgehead atoms. The van der Waals surface area contributed by atoms with E-state index in [0.717, 1.165) is 61.5 Å². The molecule has 0 atom stereocenters. The molecule has 1 heterocycles. The predicted molar refractivity (Wildman–Crippen MR) is 130 cm³/mol. The Labute approximate surface area is 202 Å². The Balaban J connectivity index is 0.000000430. The molecule has 1 aromatic heterocycles. The first-order chi connectivity index (χ1) is 16.5. The topological polar surface area (TPSA) is 171 Å². The largest absolute Gasteiger partial charge is 0.493 e. The van der Waals surface area contributed by atoms with Crippen molar-refractivity contribution in [1.82, 2.24) is 10.2 Å². The van der Waals surface area contributed by atoms with Crippen LogP contribution in [0.4, 0.5) is 11.5 Å². The van der Waals surface area contributed by atoms with Crippen LogP contribution in [0.25, 0.3) is 11.3 Å². The number of H-pyrrole nitrogens is 1. The smallest absolute Gasteiger partial charge is 0.300 e. The summed E-state index contributed by atoms with van der Waals surface area (Å²) in [7, 11) is 3.30. The van der Waals surface area contributed by atoms with Crippen LogP contribution in [-0.2, 0) is 20.8 Å². The second-order valence-electron chi connectivity index (χ2n) is 7.01. The first-order valence-corrected chi connectivity index (χ1v) is 10.2. The first-order valence-electron chi connectivity index (χ1n) is 10.2. The number of hydrogen-bond donors (Lipinski definition) is 5. The summed E-state index contributed by atoms with van der Waals surface area (Å²) < 4.78 is 10.8. The number of anilines is 2. The van der Waals surface area contributed by atoms with Gasteiger partial charge in [-0.3, -0.25) is 19.5 Å². The fraction of sp³-hybridized carbons (Fsp3) is 0.250. The van der Waals surface area contributed by atoms with E-state index in [9.17, 15) is 0 Å². The number of aromatic amines is 1. The Morgan fingerprint density at radius 1 is 0.886 bits per heavy atom. The number of ether oxygens (including phenoxy) is 2. The predicted octanol–water partition coefficient (Wildman–Crippen LogP) is 4.01. The highest BCUT2D eigenvalue weighted by Crippen LogP contribution is 2.44. The molecule has 11 heteroatoms. The van der Waals surface area contributed by atoms with Gasteiger partial charge in [-0.1, -0.05) is 18.2 Å². The van der Waals surface area contributed by atoms with Crippen LogP contribution < -0.4 is 14.8 Å². The molecule has 0 amide bonds. The van der Waals surface area contributed by atoms with Crippen molar-refractivity contribution in [3.63, 3.8) is 0 Å². The molecule has 4 rings (SSSR count). The minimum absolute atomic E-state index is 0.728. The Bertz CT molecular complexity index is 1100. The fourth-order valence-corrected chi connectivity index (χ4v) is 3.01. The van der Waals surface area contributed by atoms with E-state index >= 15 is 0 Å². The van der Waals surface area contributed by atoms with Crippen LogP contribution in [0.15, 0.2) is 42.5 Å². The number of rotatable bonds is 4. The highest BCUT2D eigenvalue weighted by atomic mass is 16.5. The van der Waals surface area contributed by atoms with Gasteiger partial charge in [0.2, 0.25) is 0 Å². The molecule has 0 fully saturated rings. The van der Waals surface area contributed by atoms with Gasteiger partial charge < -0.3 is 30.1 Å². The second-order valence-corrected chi connectivity index (χ2v) is 7.01. The van der Waals surface area contributed by atoms with E-state index in [1.165, 1.54) is 11.1 Å². The van der Waals surface area contributed by atoms with Gasteiger partial charge in [0.25, 0.3) is 17.9 Å². The van der Waals surface area contributed by atoms with Gasteiger partial charge in [0, 0.05) is 44.0 Å². The lowest BCUT2D eigenvalue weighted by atomic mass is 10.1. The van der Waals surface area contributed by atoms with Crippen LogP contribution in [0.2, 0.25) is 0 Å². The van der Waals surface area contributed by atoms with E-state index < -0.39 is 17.9 Å². The Hall–Kier alpha value is -4.54. The summed E-state index contributed by atoms with van der Waals surface area (Å²) in [4.78, 5) is 27.0. The minimum atomic E-state index is -0.833. The summed E-state index contributed by atoms with van der Waals surface area (Å²) in [6.07, 6.45) is 0.816. The first kappa shape index (κ1) is 28.5. The Morgan fingerprint density at radius 3 is 1.86 bits per heavy atom. The van der Waals surface area contributed by atoms with Gasteiger partial charge in [0.1, 0.15) is 0 Å². The maximum absolute atomic E-state index is 9.00. The van der Waals surface area contributed by atoms with Crippen molar-refractivity contribution in [2.24, 2.45) is 0 Å². The zero-order valence-electron chi connectivity index (χ0n) is 20.1. The van der Waals surface area contributed by atoms with Gasteiger partial charge in [0.15, 0.2) is 17.3 Å². The molecule has 0 aliphatic heterocycles. The number of fused-ring (bicyclic) bond motifs is 3. The van der Waals surface area contributed by atoms with Crippen molar-refractivity contribution in [2.75, 3.05) is 19.5 Å². The monoisotopic (exact) mass is 487 g/mol. The Kier molecular flexibility index (Phi) is 11.3. The number of methoxy groups -OCH3 is 2. The molecule has 0 radical (unpaired) electrons. The zero-order valence-corrected chi connectivity index (χ0v) is 20.1. The van der Waals surface area contributed by atoms with E-state index in [0.29, 0.717) is 0 Å². The molecule has 5 N–H and O–H groups in total. The molecule has 35 heavy (non-hydrogen) atoms. The number of benzene rings is 2. The van der Waals surface area contributed by atoms with Gasteiger partial charge >= 0.3 is 0 Å². The number of para-hydroxylation sites is 1. The van der Waals surface area contributed by atoms with Crippen molar-refractivity contribution in [3.05, 3.63) is 53.6 Å². The maximum Gasteiger partial charge on any atom is 0.300 e. The molecule has 2 aromatic carbocycles. The molecule has 0 unspecified atom stereocenters. The van der Waals surface area contributed by atoms with Crippen molar-refractivity contribution < 1.29 is 39.2 Å². The number of carboxylic acid groups (broad SMARTS) is 3. The molecular formula is C24H29N3O8. The summed E-state index contributed by atoms with van der Waals surface area (Å²) in [6, 6.07) is 14.1. The number of aromatic nitrogens is 2. The number of hydrogen-bond acceptors (Lipinski definition) is 7. The third-order valence-corrected chi connectivity index (χ3v) is 4.15. The van der Waals surface area contributed by atoms with Gasteiger partial charge in [-0.05, 0) is 29.8 Å². The number of aliphatic carboxylic acids is 3. The SMILES string of the molecule is CC(=O)O.CC(=O)O.CC(=O)O.COc1cc2c(cc1OC)-c1[nH]nc(Nc3ccccc3)c1C2. The summed E-state index contributed by atoms with van der Waals surface area (Å²) in [6.45, 7) is 3.25. The zero-order chi connectivity index (χ0) is 26.5. The molecule has 0 saturated carbocycles. The number of nitrogens with one attached hydrogen (secondary N) is 2. The van der Waals surface area contributed by atoms with Crippen LogP contribution in [0.3, 0.4) is 0 Å². The summed E-state index contributed by atoms with van der Waals surface area (Å²) in [5.41, 5.74) is 5.56. The molecular weight excluding hydrogens is 458 g/mol. The van der Waals surface area contributed by atoms with Crippen LogP contribution >= 0.6 is 0 Å². The normalized spacial score (nSPS) is 9.86. The van der Waals surface area contributed by atoms with E-state index in [1.54, 1.807) is 14.2 Å². The number of carbonyl (C=O) groups is 3. The van der Waals surface area contributed by atoms with E-state index in [2.05, 4.69) is 15.5 Å². The van der Waals surface area contributed by atoms with Crippen LogP contribution in [0, 0.1) is 0 Å². The molecule has 1 aliphatic carbocycles. The minimum Gasteiger partial charge on any atom is -0.493 e. The van der Waals surface area contributed by atoms with Crippen molar-refractivity contribution in [2.45, 2.75) is 27.2 Å². The average Bonchev–Trinajstić information content (AvgIpc) is 3.31. The molecule has 188 valence electrons. The lowest BCUT2D eigenvalue weighted by molar-refractivity contribution is -0.135. The van der Waals surface area contributed by atoms with Gasteiger partial charge in [0.05, 0.1) is 19.9 Å². The molecule has 0 saturated heterocycles. The summed E-state index contributed by atoms with van der Waals surface area (Å²) in [5.74, 6) is -0.159. The molecule has 3 aromatic rings. The quantitative estimate of drug-likeness (QED) is 0.283. The van der Waals surface area contributed by atoms with Crippen molar-refractivity contribution in [1.29, 1.82) is 0 Å². The molecule has 1 aliphatic rings. The highest BCUT2D eigenvalue weighted by Gasteiger charge is 2.26. The standard InChI is InChI=1S/C18H17N3O2.3C2H4O2/c1-22-15-9-11-8-14-17(13(11)10-16(15)23-2)20-21-18(14)19-12-6-4-3-5-7-12;3*1-2(3)4/h3-7,9-10H,8H2,1-2H3,(H2,19,20,21);3*1H3,(H,3,4). The van der Waals surface area contributed by atoms with Crippen LogP contribution in [-0.4, -0.2) is 57.6 Å². The number of nitrogens with zero attached hydrogens (tertiary/aromatic N) is 1. The lowest BCUT2D eigenvalue weighted by Crippen LogP contribution is -1.95.